The molecule has 0 saturated carbocycles. The summed E-state index contributed by atoms with van der Waals surface area (Å²) in [6, 6.07) is 0. The summed E-state index contributed by atoms with van der Waals surface area (Å²) in [5.41, 5.74) is 4.53. The van der Waals surface area contributed by atoms with Gasteiger partial charge in [-0.3, -0.25) is 4.79 Å². The molecule has 1 unspecified atom stereocenters. The lowest BCUT2D eigenvalue weighted by Gasteiger charge is -2.25. The van der Waals surface area contributed by atoms with E-state index in [4.69, 9.17) is 15.7 Å². The molecule has 0 fully saturated rings. The van der Waals surface area contributed by atoms with Crippen LogP contribution in [0, 0.1) is 5.41 Å². The Hall–Kier alpha value is -1.30. The third kappa shape index (κ3) is 3.69. The van der Waals surface area contributed by atoms with E-state index in [2.05, 4.69) is 10.5 Å². The van der Waals surface area contributed by atoms with Crippen molar-refractivity contribution in [2.24, 2.45) is 16.3 Å². The average molecular weight is 231 g/mol. The van der Waals surface area contributed by atoms with Crippen molar-refractivity contribution in [2.45, 2.75) is 27.2 Å². The number of carbonyl (C=O) groups excluding carboxylic acids is 1. The summed E-state index contributed by atoms with van der Waals surface area (Å²) in [5.74, 6) is -0.339. The van der Waals surface area contributed by atoms with Crippen LogP contribution in [0.3, 0.4) is 0 Å². The second kappa shape index (κ2) is 7.05. The summed E-state index contributed by atoms with van der Waals surface area (Å²) in [6.45, 7) is 6.81. The van der Waals surface area contributed by atoms with Gasteiger partial charge >= 0.3 is 0 Å². The van der Waals surface area contributed by atoms with Gasteiger partial charge in [-0.05, 0) is 20.3 Å². The van der Waals surface area contributed by atoms with Gasteiger partial charge in [-0.25, -0.2) is 0 Å². The minimum absolute atomic E-state index is 0.0797. The fourth-order valence-corrected chi connectivity index (χ4v) is 1.14. The molecule has 94 valence electrons. The summed E-state index contributed by atoms with van der Waals surface area (Å²) < 4.78 is 5.09. The molecule has 0 aliphatic heterocycles. The molecule has 1 atom stereocenters. The third-order valence-electron chi connectivity index (χ3n) is 2.62. The number of amidine groups is 1. The van der Waals surface area contributed by atoms with Crippen molar-refractivity contribution >= 4 is 11.7 Å². The molecule has 4 N–H and O–H groups in total. The zero-order chi connectivity index (χ0) is 12.6. The number of nitrogens with one attached hydrogen (secondary N) is 1. The van der Waals surface area contributed by atoms with Crippen molar-refractivity contribution in [3.8, 4) is 0 Å². The van der Waals surface area contributed by atoms with Crippen molar-refractivity contribution in [3.05, 3.63) is 0 Å². The Morgan fingerprint density at radius 2 is 2.19 bits per heavy atom. The van der Waals surface area contributed by atoms with Crippen LogP contribution < -0.4 is 11.1 Å². The van der Waals surface area contributed by atoms with Crippen LogP contribution in [-0.4, -0.2) is 36.7 Å². The topological polar surface area (TPSA) is 96.9 Å². The van der Waals surface area contributed by atoms with Crippen molar-refractivity contribution < 1.29 is 14.7 Å². The van der Waals surface area contributed by atoms with Crippen LogP contribution in [0.25, 0.3) is 0 Å². The van der Waals surface area contributed by atoms with E-state index in [0.29, 0.717) is 26.2 Å². The number of carbonyl (C=O) groups is 1. The maximum absolute atomic E-state index is 11.8. The smallest absolute Gasteiger partial charge is 0.233 e. The van der Waals surface area contributed by atoms with Crippen LogP contribution in [0.1, 0.15) is 27.2 Å². The zero-order valence-corrected chi connectivity index (χ0v) is 10.1. The molecule has 0 aliphatic rings. The Morgan fingerprint density at radius 3 is 2.62 bits per heavy atom. The highest BCUT2D eigenvalue weighted by Crippen LogP contribution is 2.21. The molecule has 0 aromatic rings. The van der Waals surface area contributed by atoms with Gasteiger partial charge in [0.15, 0.2) is 5.84 Å². The molecule has 0 bridgehead atoms. The molecule has 6 heteroatoms. The third-order valence-corrected chi connectivity index (χ3v) is 2.62. The van der Waals surface area contributed by atoms with E-state index in [1.807, 2.05) is 6.92 Å². The second-order valence-electron chi connectivity index (χ2n) is 3.62. The first-order valence-corrected chi connectivity index (χ1v) is 5.37. The lowest BCUT2D eigenvalue weighted by molar-refractivity contribution is -0.127. The molecular formula is C10H21N3O3. The Balaban J connectivity index is 4.32. The maximum atomic E-state index is 11.8. The largest absolute Gasteiger partial charge is 0.409 e. The first-order valence-electron chi connectivity index (χ1n) is 5.37. The van der Waals surface area contributed by atoms with Crippen LogP contribution in [-0.2, 0) is 9.53 Å². The van der Waals surface area contributed by atoms with E-state index in [-0.39, 0.29) is 11.7 Å². The SMILES string of the molecule is CCOCCNC(=O)C(C)(CC)C(N)=NO. The molecule has 0 heterocycles. The monoisotopic (exact) mass is 231 g/mol. The number of amides is 1. The Labute approximate surface area is 95.8 Å². The molecule has 6 nitrogen and oxygen atoms in total. The van der Waals surface area contributed by atoms with Gasteiger partial charge in [0.1, 0.15) is 5.41 Å². The zero-order valence-electron chi connectivity index (χ0n) is 10.1. The number of rotatable bonds is 7. The highest BCUT2D eigenvalue weighted by molar-refractivity contribution is 6.06. The Kier molecular flexibility index (Phi) is 6.48. The van der Waals surface area contributed by atoms with E-state index in [1.165, 1.54) is 0 Å². The Morgan fingerprint density at radius 1 is 1.56 bits per heavy atom. The average Bonchev–Trinajstić information content (AvgIpc) is 2.32. The molecule has 0 aliphatic carbocycles. The van der Waals surface area contributed by atoms with Gasteiger partial charge in [-0.2, -0.15) is 0 Å². The number of nitrogens with two attached hydrogens (primary N) is 1. The highest BCUT2D eigenvalue weighted by Gasteiger charge is 2.35. The van der Waals surface area contributed by atoms with E-state index in [0.717, 1.165) is 0 Å². The molecule has 0 spiro atoms. The van der Waals surface area contributed by atoms with Gasteiger partial charge in [-0.1, -0.05) is 12.1 Å². The van der Waals surface area contributed by atoms with Gasteiger partial charge in [0.2, 0.25) is 5.91 Å². The highest BCUT2D eigenvalue weighted by atomic mass is 16.5. The summed E-state index contributed by atoms with van der Waals surface area (Å²) in [7, 11) is 0. The van der Waals surface area contributed by atoms with Gasteiger partial charge < -0.3 is 21.0 Å². The number of oxime groups is 1. The van der Waals surface area contributed by atoms with E-state index in [9.17, 15) is 4.79 Å². The first-order chi connectivity index (χ1) is 7.52. The first kappa shape index (κ1) is 14.7. The lowest BCUT2D eigenvalue weighted by atomic mass is 9.85. The molecule has 0 aromatic heterocycles. The molecule has 1 amide bonds. The predicted octanol–water partition coefficient (Wildman–Crippen LogP) is 0.302. The number of hydrogen-bond acceptors (Lipinski definition) is 4. The van der Waals surface area contributed by atoms with Gasteiger partial charge in [-0.15, -0.1) is 0 Å². The van der Waals surface area contributed by atoms with Crippen LogP contribution in [0.5, 0.6) is 0 Å². The van der Waals surface area contributed by atoms with Crippen LogP contribution in [0.4, 0.5) is 0 Å². The molecule has 0 aromatic carbocycles. The summed E-state index contributed by atoms with van der Waals surface area (Å²) in [5, 5.41) is 14.2. The minimum atomic E-state index is -0.971. The lowest BCUT2D eigenvalue weighted by Crippen LogP contribution is -2.48. The van der Waals surface area contributed by atoms with Crippen molar-refractivity contribution in [2.75, 3.05) is 19.8 Å². The van der Waals surface area contributed by atoms with Crippen LogP contribution in [0.2, 0.25) is 0 Å². The number of ether oxygens (including phenoxy) is 1. The van der Waals surface area contributed by atoms with E-state index in [1.54, 1.807) is 13.8 Å². The van der Waals surface area contributed by atoms with Crippen molar-refractivity contribution in [3.63, 3.8) is 0 Å². The summed E-state index contributed by atoms with van der Waals surface area (Å²) in [6.07, 6.45) is 0.462. The standard InChI is InChI=1S/C10H21N3O3/c1-4-10(3,8(11)13-15)9(14)12-6-7-16-5-2/h15H,4-7H2,1-3H3,(H2,11,13)(H,12,14). The summed E-state index contributed by atoms with van der Waals surface area (Å²) in [4.78, 5) is 11.8. The fraction of sp³-hybridized carbons (Fsp3) is 0.800. The quantitative estimate of drug-likeness (QED) is 0.193. The molecular weight excluding hydrogens is 210 g/mol. The minimum Gasteiger partial charge on any atom is -0.409 e. The van der Waals surface area contributed by atoms with Gasteiger partial charge in [0.25, 0.3) is 0 Å². The Bertz CT molecular complexity index is 256. The maximum Gasteiger partial charge on any atom is 0.233 e. The normalized spacial score (nSPS) is 15.6. The van der Waals surface area contributed by atoms with Crippen molar-refractivity contribution in [1.29, 1.82) is 0 Å². The van der Waals surface area contributed by atoms with Gasteiger partial charge in [0, 0.05) is 13.2 Å². The second-order valence-corrected chi connectivity index (χ2v) is 3.62. The molecule has 0 rings (SSSR count). The van der Waals surface area contributed by atoms with Crippen molar-refractivity contribution in [1.82, 2.24) is 5.32 Å². The number of hydrogen-bond donors (Lipinski definition) is 3. The molecule has 0 radical (unpaired) electrons. The fourth-order valence-electron chi connectivity index (χ4n) is 1.14. The summed E-state index contributed by atoms with van der Waals surface area (Å²) >= 11 is 0. The molecule has 16 heavy (non-hydrogen) atoms. The van der Waals surface area contributed by atoms with E-state index >= 15 is 0 Å². The van der Waals surface area contributed by atoms with Crippen LogP contribution in [0.15, 0.2) is 5.16 Å². The van der Waals surface area contributed by atoms with E-state index < -0.39 is 5.41 Å². The number of nitrogens with zero attached hydrogens (tertiary/aromatic N) is 1. The van der Waals surface area contributed by atoms with Crippen LogP contribution >= 0.6 is 0 Å². The molecule has 0 saturated heterocycles. The van der Waals surface area contributed by atoms with Gasteiger partial charge in [0.05, 0.1) is 6.61 Å². The predicted molar refractivity (Wildman–Crippen MR) is 61.3 cm³/mol.